The van der Waals surface area contributed by atoms with Crippen LogP contribution in [0.1, 0.15) is 33.1 Å². The predicted octanol–water partition coefficient (Wildman–Crippen LogP) is 1.08. The number of rotatable bonds is 0. The zero-order chi connectivity index (χ0) is 9.53. The summed E-state index contributed by atoms with van der Waals surface area (Å²) in [6.07, 6.45) is 2.97. The van der Waals surface area contributed by atoms with Crippen LogP contribution in [-0.2, 0) is 4.79 Å². The lowest BCUT2D eigenvalue weighted by Crippen LogP contribution is -2.51. The van der Waals surface area contributed by atoms with Crippen molar-refractivity contribution in [2.75, 3.05) is 13.1 Å². The fraction of sp³-hybridized carbons (Fsp3) is 0.900. The van der Waals surface area contributed by atoms with Gasteiger partial charge in [0.1, 0.15) is 0 Å². The van der Waals surface area contributed by atoms with E-state index in [0.717, 1.165) is 32.4 Å². The molecule has 14 heavy (non-hydrogen) atoms. The summed E-state index contributed by atoms with van der Waals surface area (Å²) in [5.41, 5.74) is 0.210. The average molecular weight is 219 g/mol. The summed E-state index contributed by atoms with van der Waals surface area (Å²) >= 11 is 0. The molecule has 1 spiro atoms. The van der Waals surface area contributed by atoms with Gasteiger partial charge in [-0.05, 0) is 39.8 Å². The minimum absolute atomic E-state index is 0. The third-order valence-electron chi connectivity index (χ3n) is 3.84. The van der Waals surface area contributed by atoms with Gasteiger partial charge < -0.3 is 10.6 Å². The SMILES string of the molecule is CC1(C)NC(=O)CC12CCNCC2.Cl. The smallest absolute Gasteiger partial charge is 0.221 e. The maximum Gasteiger partial charge on any atom is 0.221 e. The van der Waals surface area contributed by atoms with Gasteiger partial charge in [0.25, 0.3) is 0 Å². The van der Waals surface area contributed by atoms with Crippen LogP contribution in [0, 0.1) is 5.41 Å². The van der Waals surface area contributed by atoms with Gasteiger partial charge in [-0.25, -0.2) is 0 Å². The van der Waals surface area contributed by atoms with Crippen molar-refractivity contribution in [3.8, 4) is 0 Å². The highest BCUT2D eigenvalue weighted by molar-refractivity contribution is 5.85. The maximum atomic E-state index is 11.4. The molecule has 2 aliphatic heterocycles. The third-order valence-corrected chi connectivity index (χ3v) is 3.84. The van der Waals surface area contributed by atoms with E-state index in [2.05, 4.69) is 24.5 Å². The molecule has 2 saturated heterocycles. The van der Waals surface area contributed by atoms with E-state index < -0.39 is 0 Å². The Morgan fingerprint density at radius 1 is 1.21 bits per heavy atom. The van der Waals surface area contributed by atoms with Gasteiger partial charge in [0.05, 0.1) is 0 Å². The number of piperidine rings is 1. The van der Waals surface area contributed by atoms with Crippen LogP contribution >= 0.6 is 12.4 Å². The molecule has 0 bridgehead atoms. The van der Waals surface area contributed by atoms with Gasteiger partial charge in [-0.3, -0.25) is 4.79 Å². The molecule has 0 atom stereocenters. The molecule has 2 N–H and O–H groups in total. The second-order valence-electron chi connectivity index (χ2n) is 4.88. The van der Waals surface area contributed by atoms with E-state index >= 15 is 0 Å². The summed E-state index contributed by atoms with van der Waals surface area (Å²) in [6.45, 7) is 6.42. The molecule has 82 valence electrons. The molecule has 1 amide bonds. The number of hydrogen-bond acceptors (Lipinski definition) is 2. The highest BCUT2D eigenvalue weighted by Gasteiger charge is 2.52. The van der Waals surface area contributed by atoms with Gasteiger partial charge in [-0.15, -0.1) is 12.4 Å². The zero-order valence-corrected chi connectivity index (χ0v) is 9.67. The summed E-state index contributed by atoms with van der Waals surface area (Å²) < 4.78 is 0. The molecule has 2 heterocycles. The second kappa shape index (κ2) is 3.70. The summed E-state index contributed by atoms with van der Waals surface area (Å²) in [5, 5.41) is 6.44. The Labute approximate surface area is 91.4 Å². The van der Waals surface area contributed by atoms with Gasteiger partial charge in [-0.2, -0.15) is 0 Å². The van der Waals surface area contributed by atoms with E-state index in [1.54, 1.807) is 0 Å². The number of amides is 1. The van der Waals surface area contributed by atoms with Crippen molar-refractivity contribution >= 4 is 18.3 Å². The zero-order valence-electron chi connectivity index (χ0n) is 8.85. The van der Waals surface area contributed by atoms with Crippen molar-refractivity contribution in [2.45, 2.75) is 38.6 Å². The molecular formula is C10H19ClN2O. The van der Waals surface area contributed by atoms with Crippen LogP contribution in [0.4, 0.5) is 0 Å². The predicted molar refractivity (Wildman–Crippen MR) is 58.6 cm³/mol. The lowest BCUT2D eigenvalue weighted by Gasteiger charge is -2.43. The topological polar surface area (TPSA) is 41.1 Å². The van der Waals surface area contributed by atoms with Crippen LogP contribution in [-0.4, -0.2) is 24.5 Å². The highest BCUT2D eigenvalue weighted by Crippen LogP contribution is 2.46. The van der Waals surface area contributed by atoms with Gasteiger partial charge in [0, 0.05) is 17.4 Å². The van der Waals surface area contributed by atoms with Crippen molar-refractivity contribution in [1.29, 1.82) is 0 Å². The highest BCUT2D eigenvalue weighted by atomic mass is 35.5. The Morgan fingerprint density at radius 3 is 2.21 bits per heavy atom. The van der Waals surface area contributed by atoms with Crippen LogP contribution in [0.3, 0.4) is 0 Å². The number of halogens is 1. The van der Waals surface area contributed by atoms with Gasteiger partial charge in [0.2, 0.25) is 5.91 Å². The first-order chi connectivity index (χ1) is 6.06. The van der Waals surface area contributed by atoms with Gasteiger partial charge >= 0.3 is 0 Å². The van der Waals surface area contributed by atoms with E-state index in [-0.39, 0.29) is 29.3 Å². The molecule has 0 unspecified atom stereocenters. The lowest BCUT2D eigenvalue weighted by molar-refractivity contribution is -0.120. The van der Waals surface area contributed by atoms with Crippen LogP contribution in [0.15, 0.2) is 0 Å². The molecule has 2 aliphatic rings. The number of carbonyl (C=O) groups excluding carboxylic acids is 1. The molecule has 0 radical (unpaired) electrons. The second-order valence-corrected chi connectivity index (χ2v) is 4.88. The molecule has 2 fully saturated rings. The molecule has 0 saturated carbocycles. The average Bonchev–Trinajstić information content (AvgIpc) is 2.23. The molecule has 3 nitrogen and oxygen atoms in total. The van der Waals surface area contributed by atoms with E-state index in [4.69, 9.17) is 0 Å². The number of hydrogen-bond donors (Lipinski definition) is 2. The molecule has 2 rings (SSSR count). The molecule has 0 aromatic rings. The Morgan fingerprint density at radius 2 is 1.79 bits per heavy atom. The summed E-state index contributed by atoms with van der Waals surface area (Å²) in [6, 6.07) is 0. The largest absolute Gasteiger partial charge is 0.351 e. The van der Waals surface area contributed by atoms with E-state index in [0.29, 0.717) is 0 Å². The minimum Gasteiger partial charge on any atom is -0.351 e. The van der Waals surface area contributed by atoms with Crippen molar-refractivity contribution < 1.29 is 4.79 Å². The first kappa shape index (κ1) is 11.8. The lowest BCUT2D eigenvalue weighted by atomic mass is 9.66. The maximum absolute atomic E-state index is 11.4. The number of nitrogens with one attached hydrogen (secondary N) is 2. The summed E-state index contributed by atoms with van der Waals surface area (Å²) in [5.74, 6) is 0.229. The standard InChI is InChI=1S/C10H18N2O.ClH/c1-9(2)10(7-8(13)12-9)3-5-11-6-4-10;/h11H,3-7H2,1-2H3,(H,12,13);1H. The van der Waals surface area contributed by atoms with E-state index in [1.807, 2.05) is 0 Å². The van der Waals surface area contributed by atoms with Crippen LogP contribution in [0.2, 0.25) is 0 Å². The molecule has 0 aliphatic carbocycles. The first-order valence-electron chi connectivity index (χ1n) is 5.08. The monoisotopic (exact) mass is 218 g/mol. The Balaban J connectivity index is 0.000000980. The van der Waals surface area contributed by atoms with Crippen LogP contribution < -0.4 is 10.6 Å². The van der Waals surface area contributed by atoms with Gasteiger partial charge in [0.15, 0.2) is 0 Å². The van der Waals surface area contributed by atoms with Crippen molar-refractivity contribution in [1.82, 2.24) is 10.6 Å². The van der Waals surface area contributed by atoms with Crippen molar-refractivity contribution in [3.63, 3.8) is 0 Å². The number of carbonyl (C=O) groups is 1. The molecule has 4 heteroatoms. The Kier molecular flexibility index (Phi) is 3.12. The quantitative estimate of drug-likeness (QED) is 0.639. The minimum atomic E-state index is -0.00775. The van der Waals surface area contributed by atoms with Crippen molar-refractivity contribution in [2.24, 2.45) is 5.41 Å². The normalized spacial score (nSPS) is 28.3. The third kappa shape index (κ3) is 1.63. The van der Waals surface area contributed by atoms with Gasteiger partial charge in [-0.1, -0.05) is 0 Å². The molecule has 0 aromatic carbocycles. The first-order valence-corrected chi connectivity index (χ1v) is 5.08. The van der Waals surface area contributed by atoms with E-state index in [9.17, 15) is 4.79 Å². The molecule has 0 aromatic heterocycles. The van der Waals surface area contributed by atoms with Crippen LogP contribution in [0.25, 0.3) is 0 Å². The van der Waals surface area contributed by atoms with Crippen molar-refractivity contribution in [3.05, 3.63) is 0 Å². The fourth-order valence-corrected chi connectivity index (χ4v) is 2.76. The summed E-state index contributed by atoms with van der Waals surface area (Å²) in [7, 11) is 0. The van der Waals surface area contributed by atoms with E-state index in [1.165, 1.54) is 0 Å². The summed E-state index contributed by atoms with van der Waals surface area (Å²) in [4.78, 5) is 11.4. The Bertz CT molecular complexity index is 234. The Hall–Kier alpha value is -0.280. The van der Waals surface area contributed by atoms with Crippen LogP contribution in [0.5, 0.6) is 0 Å². The fourth-order valence-electron chi connectivity index (χ4n) is 2.76. The molecular weight excluding hydrogens is 200 g/mol.